The van der Waals surface area contributed by atoms with Gasteiger partial charge in [-0.1, -0.05) is 35.3 Å². The molecule has 0 radical (unpaired) electrons. The van der Waals surface area contributed by atoms with Crippen LogP contribution in [-0.4, -0.2) is 65.3 Å². The van der Waals surface area contributed by atoms with E-state index in [1.54, 1.807) is 46.6 Å². The molecule has 5 nitrogen and oxygen atoms in total. The minimum Gasteiger partial charge on any atom is -0.338 e. The topological polar surface area (TPSA) is 43.9 Å². The Bertz CT molecular complexity index is 1300. The van der Waals surface area contributed by atoms with E-state index >= 15 is 0 Å². The van der Waals surface area contributed by atoms with Gasteiger partial charge in [-0.15, -0.1) is 11.3 Å². The van der Waals surface area contributed by atoms with Crippen molar-refractivity contribution in [3.05, 3.63) is 91.3 Å². The lowest BCUT2D eigenvalue weighted by atomic mass is 9.93. The van der Waals surface area contributed by atoms with Crippen molar-refractivity contribution in [2.75, 3.05) is 32.7 Å². The standard InChI is InChI=1S/C27H26Cl2FN3O2S/c1-17-15-31(10-11-33(17)27(35)19-5-6-22(28)23(29)14-19)25(34)16-32-9-7-24-21(8-12-36-24)26(32)18-3-2-4-20(30)13-18/h2-6,8,12-14,17,26H,7,9-11,15-16H2,1H3/t17-,26-/m1/s1. The van der Waals surface area contributed by atoms with Gasteiger partial charge in [-0.2, -0.15) is 0 Å². The van der Waals surface area contributed by atoms with Crippen molar-refractivity contribution in [2.24, 2.45) is 0 Å². The van der Waals surface area contributed by atoms with Gasteiger partial charge in [0.1, 0.15) is 5.82 Å². The SMILES string of the molecule is C[C@@H]1CN(C(=O)CN2CCc3sccc3[C@H]2c2cccc(F)c2)CCN1C(=O)c1ccc(Cl)c(Cl)c1. The number of benzene rings is 2. The van der Waals surface area contributed by atoms with Crippen LogP contribution in [-0.2, 0) is 11.2 Å². The van der Waals surface area contributed by atoms with E-state index in [1.165, 1.54) is 10.9 Å². The average molecular weight is 546 g/mol. The summed E-state index contributed by atoms with van der Waals surface area (Å²) < 4.78 is 14.1. The lowest BCUT2D eigenvalue weighted by Gasteiger charge is -2.42. The van der Waals surface area contributed by atoms with Gasteiger partial charge in [-0.25, -0.2) is 4.39 Å². The number of nitrogens with zero attached hydrogens (tertiary/aromatic N) is 3. The van der Waals surface area contributed by atoms with Gasteiger partial charge < -0.3 is 9.80 Å². The van der Waals surface area contributed by atoms with Crippen LogP contribution in [0.4, 0.5) is 4.39 Å². The summed E-state index contributed by atoms with van der Waals surface area (Å²) in [5.74, 6) is -0.387. The van der Waals surface area contributed by atoms with Crippen molar-refractivity contribution in [2.45, 2.75) is 25.4 Å². The van der Waals surface area contributed by atoms with Crippen molar-refractivity contribution in [3.8, 4) is 0 Å². The van der Waals surface area contributed by atoms with Crippen LogP contribution in [0, 0.1) is 5.82 Å². The van der Waals surface area contributed by atoms with E-state index in [9.17, 15) is 14.0 Å². The number of carbonyl (C=O) groups excluding carboxylic acids is 2. The highest BCUT2D eigenvalue weighted by Crippen LogP contribution is 2.38. The minimum atomic E-state index is -0.280. The first-order valence-electron chi connectivity index (χ1n) is 11.9. The summed E-state index contributed by atoms with van der Waals surface area (Å²) in [5, 5.41) is 2.81. The zero-order valence-corrected chi connectivity index (χ0v) is 22.1. The molecular weight excluding hydrogens is 520 g/mol. The Kier molecular flexibility index (Phi) is 7.35. The summed E-state index contributed by atoms with van der Waals surface area (Å²) in [4.78, 5) is 33.5. The number of piperazine rings is 1. The second kappa shape index (κ2) is 10.5. The summed E-state index contributed by atoms with van der Waals surface area (Å²) in [6, 6.07) is 13.3. The number of amides is 2. The maximum Gasteiger partial charge on any atom is 0.254 e. The molecule has 9 heteroatoms. The van der Waals surface area contributed by atoms with E-state index in [4.69, 9.17) is 23.2 Å². The van der Waals surface area contributed by atoms with E-state index in [0.29, 0.717) is 35.2 Å². The Morgan fingerprint density at radius 2 is 1.89 bits per heavy atom. The molecule has 0 spiro atoms. The molecule has 2 aromatic carbocycles. The Morgan fingerprint density at radius 3 is 2.64 bits per heavy atom. The number of fused-ring (bicyclic) bond motifs is 1. The molecule has 3 aromatic rings. The normalized spacial score (nSPS) is 20.3. The molecule has 0 aliphatic carbocycles. The van der Waals surface area contributed by atoms with Gasteiger partial charge in [0, 0.05) is 42.7 Å². The van der Waals surface area contributed by atoms with Crippen LogP contribution in [0.1, 0.15) is 39.3 Å². The first-order chi connectivity index (χ1) is 17.3. The number of carbonyl (C=O) groups is 2. The molecule has 5 rings (SSSR count). The fourth-order valence-corrected chi connectivity index (χ4v) is 6.36. The van der Waals surface area contributed by atoms with Crippen LogP contribution in [0.5, 0.6) is 0 Å². The molecule has 1 saturated heterocycles. The summed E-state index contributed by atoms with van der Waals surface area (Å²) in [6.45, 7) is 4.26. The van der Waals surface area contributed by atoms with Gasteiger partial charge in [0.25, 0.3) is 5.91 Å². The Morgan fingerprint density at radius 1 is 1.06 bits per heavy atom. The molecule has 0 unspecified atom stereocenters. The molecule has 2 aliphatic rings. The van der Waals surface area contributed by atoms with E-state index in [-0.39, 0.29) is 36.3 Å². The second-order valence-electron chi connectivity index (χ2n) is 9.29. The zero-order chi connectivity index (χ0) is 25.4. The molecule has 2 amide bonds. The van der Waals surface area contributed by atoms with Gasteiger partial charge in [0.15, 0.2) is 0 Å². The third-order valence-electron chi connectivity index (χ3n) is 6.98. The fraction of sp³-hybridized carbons (Fsp3) is 0.333. The van der Waals surface area contributed by atoms with Crippen LogP contribution < -0.4 is 0 Å². The van der Waals surface area contributed by atoms with Crippen molar-refractivity contribution in [1.82, 2.24) is 14.7 Å². The highest BCUT2D eigenvalue weighted by atomic mass is 35.5. The molecule has 188 valence electrons. The Labute approximate surface area is 224 Å². The molecule has 3 heterocycles. The fourth-order valence-electron chi connectivity index (χ4n) is 5.16. The molecule has 0 bridgehead atoms. The molecule has 0 saturated carbocycles. The van der Waals surface area contributed by atoms with Crippen molar-refractivity contribution in [3.63, 3.8) is 0 Å². The first kappa shape index (κ1) is 25.2. The van der Waals surface area contributed by atoms with Gasteiger partial charge in [0.2, 0.25) is 5.91 Å². The van der Waals surface area contributed by atoms with E-state index < -0.39 is 0 Å². The predicted molar refractivity (Wildman–Crippen MR) is 141 cm³/mol. The molecule has 1 aromatic heterocycles. The summed E-state index contributed by atoms with van der Waals surface area (Å²) in [7, 11) is 0. The largest absolute Gasteiger partial charge is 0.338 e. The van der Waals surface area contributed by atoms with Crippen LogP contribution in [0.15, 0.2) is 53.9 Å². The Balaban J connectivity index is 1.28. The molecule has 2 atom stereocenters. The van der Waals surface area contributed by atoms with Crippen molar-refractivity contribution >= 4 is 46.4 Å². The van der Waals surface area contributed by atoms with Gasteiger partial charge in [0.05, 0.1) is 22.6 Å². The lowest BCUT2D eigenvalue weighted by molar-refractivity contribution is -0.135. The molecule has 0 N–H and O–H groups in total. The van der Waals surface area contributed by atoms with E-state index in [0.717, 1.165) is 24.1 Å². The van der Waals surface area contributed by atoms with Crippen molar-refractivity contribution < 1.29 is 14.0 Å². The Hall–Kier alpha value is -2.45. The lowest BCUT2D eigenvalue weighted by Crippen LogP contribution is -2.57. The number of hydrogen-bond acceptors (Lipinski definition) is 4. The second-order valence-corrected chi connectivity index (χ2v) is 11.1. The molecule has 2 aliphatic heterocycles. The average Bonchev–Trinajstić information content (AvgIpc) is 3.34. The first-order valence-corrected chi connectivity index (χ1v) is 13.5. The van der Waals surface area contributed by atoms with E-state index in [1.807, 2.05) is 17.9 Å². The molecule has 1 fully saturated rings. The van der Waals surface area contributed by atoms with Crippen molar-refractivity contribution in [1.29, 1.82) is 0 Å². The van der Waals surface area contributed by atoms with Gasteiger partial charge in [-0.05, 0) is 66.2 Å². The highest BCUT2D eigenvalue weighted by Gasteiger charge is 2.35. The maximum atomic E-state index is 14.1. The molecular formula is C27H26Cl2FN3O2S. The summed E-state index contributed by atoms with van der Waals surface area (Å²) in [6.07, 6.45) is 0.869. The zero-order valence-electron chi connectivity index (χ0n) is 19.8. The van der Waals surface area contributed by atoms with Gasteiger partial charge >= 0.3 is 0 Å². The highest BCUT2D eigenvalue weighted by molar-refractivity contribution is 7.10. The number of rotatable bonds is 4. The van der Waals surface area contributed by atoms with Crippen LogP contribution in [0.25, 0.3) is 0 Å². The number of halogens is 3. The van der Waals surface area contributed by atoms with E-state index in [2.05, 4.69) is 16.3 Å². The van der Waals surface area contributed by atoms with Gasteiger partial charge in [-0.3, -0.25) is 14.5 Å². The third-order valence-corrected chi connectivity index (χ3v) is 8.71. The van der Waals surface area contributed by atoms with Crippen LogP contribution in [0.2, 0.25) is 10.0 Å². The summed E-state index contributed by atoms with van der Waals surface area (Å²) >= 11 is 13.8. The number of hydrogen-bond donors (Lipinski definition) is 0. The minimum absolute atomic E-state index is 0.0172. The monoisotopic (exact) mass is 545 g/mol. The summed E-state index contributed by atoms with van der Waals surface area (Å²) in [5.41, 5.74) is 2.48. The maximum absolute atomic E-state index is 14.1. The third kappa shape index (κ3) is 5.02. The van der Waals surface area contributed by atoms with Crippen LogP contribution in [0.3, 0.4) is 0 Å². The smallest absolute Gasteiger partial charge is 0.254 e. The predicted octanol–water partition coefficient (Wildman–Crippen LogP) is 5.51. The quantitative estimate of drug-likeness (QED) is 0.433. The van der Waals surface area contributed by atoms with Crippen LogP contribution >= 0.6 is 34.5 Å². The molecule has 36 heavy (non-hydrogen) atoms. The number of thiophene rings is 1.